The number of amides is 4. The van der Waals surface area contributed by atoms with Crippen LogP contribution in [0.4, 0.5) is 10.5 Å². The molecule has 0 aliphatic carbocycles. The molecule has 1 aromatic carbocycles. The highest BCUT2D eigenvalue weighted by atomic mass is 16.5. The Labute approximate surface area is 141 Å². The number of carbonyl (C=O) groups excluding carboxylic acids is 3. The van der Waals surface area contributed by atoms with Crippen LogP contribution in [-0.2, 0) is 9.59 Å². The summed E-state index contributed by atoms with van der Waals surface area (Å²) in [5.41, 5.74) is 0.521. The molecule has 0 saturated carbocycles. The maximum Gasteiger partial charge on any atom is 0.325 e. The maximum atomic E-state index is 12.2. The molecule has 0 bridgehead atoms. The van der Waals surface area contributed by atoms with Crippen LogP contribution in [0.15, 0.2) is 24.3 Å². The molecule has 1 heterocycles. The Bertz CT molecular complexity index is 618. The highest BCUT2D eigenvalue weighted by molar-refractivity contribution is 6.08. The van der Waals surface area contributed by atoms with Crippen molar-refractivity contribution in [2.75, 3.05) is 18.5 Å². The van der Waals surface area contributed by atoms with Gasteiger partial charge in [0.1, 0.15) is 18.3 Å². The molecule has 2 rings (SSSR count). The number of nitrogens with zero attached hydrogens (tertiary/aromatic N) is 1. The average molecular weight is 333 g/mol. The lowest BCUT2D eigenvalue weighted by molar-refractivity contribution is -0.130. The number of hydrogen-bond acceptors (Lipinski definition) is 4. The summed E-state index contributed by atoms with van der Waals surface area (Å²) < 4.78 is 5.57. The molecule has 1 aliphatic rings. The van der Waals surface area contributed by atoms with Crippen LogP contribution in [0.3, 0.4) is 0 Å². The number of rotatable bonds is 8. The third-order valence-electron chi connectivity index (χ3n) is 3.61. The highest BCUT2D eigenvalue weighted by Crippen LogP contribution is 2.24. The van der Waals surface area contributed by atoms with Gasteiger partial charge in [0.2, 0.25) is 5.91 Å². The van der Waals surface area contributed by atoms with E-state index >= 15 is 0 Å². The summed E-state index contributed by atoms with van der Waals surface area (Å²) in [5, 5.41) is 5.29. The number of ether oxygens (including phenoxy) is 1. The Hall–Kier alpha value is -2.57. The molecule has 7 nitrogen and oxygen atoms in total. The van der Waals surface area contributed by atoms with Gasteiger partial charge in [0.25, 0.3) is 5.91 Å². The van der Waals surface area contributed by atoms with Gasteiger partial charge in [-0.1, -0.05) is 32.4 Å². The van der Waals surface area contributed by atoms with E-state index in [1.54, 1.807) is 18.2 Å². The molecule has 24 heavy (non-hydrogen) atoms. The molecule has 1 unspecified atom stereocenters. The Morgan fingerprint density at radius 2 is 2.00 bits per heavy atom. The van der Waals surface area contributed by atoms with E-state index in [4.69, 9.17) is 4.74 Å². The smallest absolute Gasteiger partial charge is 0.325 e. The zero-order valence-corrected chi connectivity index (χ0v) is 14.0. The molecule has 4 amide bonds. The molecule has 0 aromatic heterocycles. The maximum absolute atomic E-state index is 12.2. The number of imide groups is 1. The minimum Gasteiger partial charge on any atom is -0.491 e. The predicted molar refractivity (Wildman–Crippen MR) is 89.8 cm³/mol. The molecule has 1 aliphatic heterocycles. The number of hydrogen-bond donors (Lipinski definition) is 2. The monoisotopic (exact) mass is 333 g/mol. The number of urea groups is 1. The Kier molecular flexibility index (Phi) is 6.17. The van der Waals surface area contributed by atoms with Crippen molar-refractivity contribution in [1.29, 1.82) is 0 Å². The zero-order chi connectivity index (χ0) is 17.5. The van der Waals surface area contributed by atoms with E-state index in [2.05, 4.69) is 10.6 Å². The molecule has 1 aromatic rings. The van der Waals surface area contributed by atoms with Gasteiger partial charge in [0.05, 0.1) is 12.3 Å². The minimum absolute atomic E-state index is 0.313. The molecule has 0 spiro atoms. The van der Waals surface area contributed by atoms with Crippen molar-refractivity contribution >= 4 is 23.5 Å². The Morgan fingerprint density at radius 3 is 2.71 bits per heavy atom. The number of benzene rings is 1. The van der Waals surface area contributed by atoms with Crippen LogP contribution in [-0.4, -0.2) is 41.9 Å². The second-order valence-electron chi connectivity index (χ2n) is 5.61. The van der Waals surface area contributed by atoms with E-state index in [0.717, 1.165) is 17.7 Å². The van der Waals surface area contributed by atoms with Crippen molar-refractivity contribution in [2.24, 2.45) is 0 Å². The zero-order valence-electron chi connectivity index (χ0n) is 14.0. The summed E-state index contributed by atoms with van der Waals surface area (Å²) in [6, 6.07) is 6.01. The largest absolute Gasteiger partial charge is 0.491 e. The van der Waals surface area contributed by atoms with Crippen LogP contribution in [0.5, 0.6) is 5.75 Å². The van der Waals surface area contributed by atoms with E-state index in [9.17, 15) is 14.4 Å². The van der Waals surface area contributed by atoms with Crippen molar-refractivity contribution in [2.45, 2.75) is 39.2 Å². The summed E-state index contributed by atoms with van der Waals surface area (Å²) in [6.07, 6.45) is 2.19. The van der Waals surface area contributed by atoms with E-state index < -0.39 is 18.0 Å². The summed E-state index contributed by atoms with van der Waals surface area (Å²) in [4.78, 5) is 37.2. The van der Waals surface area contributed by atoms with Crippen molar-refractivity contribution in [3.63, 3.8) is 0 Å². The molecule has 7 heteroatoms. The minimum atomic E-state index is -0.532. The second kappa shape index (κ2) is 8.33. The first-order valence-electron chi connectivity index (χ1n) is 8.20. The fraction of sp³-hybridized carbons (Fsp3) is 0.471. The fourth-order valence-corrected chi connectivity index (χ4v) is 2.45. The second-order valence-corrected chi connectivity index (χ2v) is 5.61. The van der Waals surface area contributed by atoms with Gasteiger partial charge in [-0.05, 0) is 25.0 Å². The van der Waals surface area contributed by atoms with Gasteiger partial charge in [-0.25, -0.2) is 4.79 Å². The lowest BCUT2D eigenvalue weighted by Gasteiger charge is -2.15. The summed E-state index contributed by atoms with van der Waals surface area (Å²) in [6.45, 7) is 4.15. The fourth-order valence-electron chi connectivity index (χ4n) is 2.45. The average Bonchev–Trinajstić information content (AvgIpc) is 2.82. The normalized spacial score (nSPS) is 16.9. The molecule has 1 fully saturated rings. The van der Waals surface area contributed by atoms with Crippen molar-refractivity contribution in [3.05, 3.63) is 24.3 Å². The van der Waals surface area contributed by atoms with E-state index in [-0.39, 0.29) is 12.5 Å². The third-order valence-corrected chi connectivity index (χ3v) is 3.61. The van der Waals surface area contributed by atoms with Crippen molar-refractivity contribution in [3.8, 4) is 5.75 Å². The van der Waals surface area contributed by atoms with Gasteiger partial charge < -0.3 is 15.4 Å². The first-order valence-corrected chi connectivity index (χ1v) is 8.20. The summed E-state index contributed by atoms with van der Waals surface area (Å²) in [5.74, 6) is -0.232. The van der Waals surface area contributed by atoms with E-state index in [1.807, 2.05) is 19.9 Å². The molecule has 1 atom stereocenters. The van der Waals surface area contributed by atoms with E-state index in [0.29, 0.717) is 24.5 Å². The molecule has 0 radical (unpaired) electrons. The molecular formula is C17H23N3O4. The summed E-state index contributed by atoms with van der Waals surface area (Å²) >= 11 is 0. The molecule has 130 valence electrons. The summed E-state index contributed by atoms with van der Waals surface area (Å²) in [7, 11) is 0. The van der Waals surface area contributed by atoms with Crippen LogP contribution in [0.25, 0.3) is 0 Å². The lowest BCUT2D eigenvalue weighted by atomic mass is 10.2. The molecule has 1 saturated heterocycles. The highest BCUT2D eigenvalue weighted by Gasteiger charge is 2.38. The Morgan fingerprint density at radius 1 is 1.25 bits per heavy atom. The van der Waals surface area contributed by atoms with Crippen LogP contribution >= 0.6 is 0 Å². The topological polar surface area (TPSA) is 87.7 Å². The van der Waals surface area contributed by atoms with Crippen LogP contribution in [0.1, 0.15) is 33.1 Å². The number of nitrogens with one attached hydrogen (secondary N) is 2. The van der Waals surface area contributed by atoms with Gasteiger partial charge in [0.15, 0.2) is 0 Å². The quantitative estimate of drug-likeness (QED) is 0.714. The van der Waals surface area contributed by atoms with Crippen molar-refractivity contribution < 1.29 is 19.1 Å². The van der Waals surface area contributed by atoms with Gasteiger partial charge >= 0.3 is 6.03 Å². The number of para-hydroxylation sites is 2. The van der Waals surface area contributed by atoms with Gasteiger partial charge in [-0.3, -0.25) is 14.5 Å². The molecular weight excluding hydrogens is 310 g/mol. The van der Waals surface area contributed by atoms with Gasteiger partial charge in [0, 0.05) is 0 Å². The molecule has 2 N–H and O–H groups in total. The van der Waals surface area contributed by atoms with Crippen LogP contribution in [0.2, 0.25) is 0 Å². The third kappa shape index (κ3) is 4.24. The predicted octanol–water partition coefficient (Wildman–Crippen LogP) is 2.13. The van der Waals surface area contributed by atoms with Crippen LogP contribution in [0, 0.1) is 0 Å². The standard InChI is InChI=1S/C17H23N3O4/c1-3-7-13-16(22)20(17(23)19-13)11-15(21)18-12-8-5-6-9-14(12)24-10-4-2/h5-6,8-9,13H,3-4,7,10-11H2,1-2H3,(H,18,21)(H,19,23). The van der Waals surface area contributed by atoms with Gasteiger partial charge in [-0.2, -0.15) is 0 Å². The number of anilines is 1. The van der Waals surface area contributed by atoms with Crippen molar-refractivity contribution in [1.82, 2.24) is 10.2 Å². The Balaban J connectivity index is 1.99. The van der Waals surface area contributed by atoms with Gasteiger partial charge in [-0.15, -0.1) is 0 Å². The first kappa shape index (κ1) is 17.8. The first-order chi connectivity index (χ1) is 11.6. The number of carbonyl (C=O) groups is 3. The van der Waals surface area contributed by atoms with E-state index in [1.165, 1.54) is 0 Å². The lowest BCUT2D eigenvalue weighted by Crippen LogP contribution is -2.38. The van der Waals surface area contributed by atoms with Crippen LogP contribution < -0.4 is 15.4 Å². The SMILES string of the molecule is CCCOc1ccccc1NC(=O)CN1C(=O)NC(CCC)C1=O.